The first-order chi connectivity index (χ1) is 6.22. The Balaban J connectivity index is 0. The number of quaternary nitrogens is 1. The Bertz CT molecular complexity index is 153. The number of carbonyl (C=O) groups excluding carboxylic acids is 1. The summed E-state index contributed by atoms with van der Waals surface area (Å²) in [5.41, 5.74) is 0. The van der Waals surface area contributed by atoms with Crippen LogP contribution in [0, 0.1) is 0 Å². The number of hydrogen-bond donors (Lipinski definition) is 2. The molecule has 0 radical (unpaired) electrons. The van der Waals surface area contributed by atoms with Crippen molar-refractivity contribution in [2.75, 3.05) is 34.3 Å². The lowest BCUT2D eigenvalue weighted by molar-refractivity contribution is -0.873. The lowest BCUT2D eigenvalue weighted by Crippen LogP contribution is -2.43. The van der Waals surface area contributed by atoms with Crippen LogP contribution in [0.4, 0.5) is 0 Å². The predicted octanol–water partition coefficient (Wildman–Crippen LogP) is -1.81. The molecular formula is C9H21NO4. The van der Waals surface area contributed by atoms with Crippen LogP contribution in [0.3, 0.4) is 0 Å². The van der Waals surface area contributed by atoms with Gasteiger partial charge in [-0.05, 0) is 6.92 Å². The molecule has 0 aromatic carbocycles. The second-order valence-electron chi connectivity index (χ2n) is 4.02. The first kappa shape index (κ1) is 15.8. The molecule has 0 aliphatic rings. The van der Waals surface area contributed by atoms with Gasteiger partial charge >= 0.3 is 0 Å². The fourth-order valence-electron chi connectivity index (χ4n) is 0.889. The highest BCUT2D eigenvalue weighted by Gasteiger charge is 2.14. The molecule has 0 aromatic rings. The highest BCUT2D eigenvalue weighted by molar-refractivity contribution is 5.64. The summed E-state index contributed by atoms with van der Waals surface area (Å²) in [4.78, 5) is 10.0. The number of hydrogen-bond acceptors (Lipinski definition) is 4. The largest absolute Gasteiger partial charge is 0.550 e. The van der Waals surface area contributed by atoms with E-state index in [9.17, 15) is 9.90 Å². The molecule has 5 nitrogen and oxygen atoms in total. The van der Waals surface area contributed by atoms with Gasteiger partial charge in [0.1, 0.15) is 12.6 Å². The molecule has 0 saturated heterocycles. The summed E-state index contributed by atoms with van der Waals surface area (Å²) >= 11 is 0. The molecule has 0 saturated carbocycles. The summed E-state index contributed by atoms with van der Waals surface area (Å²) in [7, 11) is 5.66. The summed E-state index contributed by atoms with van der Waals surface area (Å²) in [6.45, 7) is 2.36. The first-order valence-electron chi connectivity index (χ1n) is 4.52. The Kier molecular flexibility index (Phi) is 8.72. The molecule has 0 fully saturated rings. The third kappa shape index (κ3) is 17.4. The van der Waals surface area contributed by atoms with E-state index in [0.717, 1.165) is 0 Å². The molecule has 0 aliphatic carbocycles. The Morgan fingerprint density at radius 2 is 1.79 bits per heavy atom. The van der Waals surface area contributed by atoms with Crippen molar-refractivity contribution in [1.82, 2.24) is 0 Å². The van der Waals surface area contributed by atoms with Crippen molar-refractivity contribution in [2.45, 2.75) is 19.4 Å². The summed E-state index contributed by atoms with van der Waals surface area (Å²) < 4.78 is 0.550. The van der Waals surface area contributed by atoms with Crippen molar-refractivity contribution < 1.29 is 24.6 Å². The zero-order chi connectivity index (χ0) is 11.8. The molecule has 0 heterocycles. The van der Waals surface area contributed by atoms with Gasteiger partial charge in [-0.15, -0.1) is 0 Å². The maximum Gasteiger partial charge on any atom is 0.108 e. The van der Waals surface area contributed by atoms with Crippen LogP contribution in [0.5, 0.6) is 0 Å². The van der Waals surface area contributed by atoms with Crippen molar-refractivity contribution in [3.8, 4) is 0 Å². The van der Waals surface area contributed by atoms with Gasteiger partial charge in [-0.25, -0.2) is 0 Å². The summed E-state index contributed by atoms with van der Waals surface area (Å²) in [5.74, 6) is -1.20. The van der Waals surface area contributed by atoms with Gasteiger partial charge in [-0.1, -0.05) is 0 Å². The van der Waals surface area contributed by atoms with E-state index in [2.05, 4.69) is 0 Å². The van der Waals surface area contributed by atoms with Crippen LogP contribution >= 0.6 is 0 Å². The van der Waals surface area contributed by atoms with Crippen LogP contribution in [0.15, 0.2) is 0 Å². The van der Waals surface area contributed by atoms with E-state index < -0.39 is 12.1 Å². The Morgan fingerprint density at radius 1 is 1.43 bits per heavy atom. The van der Waals surface area contributed by atoms with Crippen molar-refractivity contribution in [1.29, 1.82) is 0 Å². The van der Waals surface area contributed by atoms with E-state index in [0.29, 0.717) is 11.0 Å². The zero-order valence-electron chi connectivity index (χ0n) is 9.36. The van der Waals surface area contributed by atoms with E-state index in [1.165, 1.54) is 0 Å². The number of rotatable bonds is 4. The van der Waals surface area contributed by atoms with Gasteiger partial charge in [-0.2, -0.15) is 0 Å². The van der Waals surface area contributed by atoms with E-state index in [4.69, 9.17) is 10.2 Å². The number of carbonyl (C=O) groups is 1. The van der Waals surface area contributed by atoms with Crippen LogP contribution in [0.1, 0.15) is 13.3 Å². The number of carboxylic acids is 1. The Hall–Kier alpha value is -0.650. The third-order valence-corrected chi connectivity index (χ3v) is 1.16. The van der Waals surface area contributed by atoms with Gasteiger partial charge in [0.05, 0.1) is 21.1 Å². The lowest BCUT2D eigenvalue weighted by Gasteiger charge is -2.26. The Labute approximate surface area is 85.2 Å². The minimum absolute atomic E-state index is 0.250. The SMILES string of the molecule is CCO.C[N+](C)(C)C[C@H](O)CC(=O)[O-]. The van der Waals surface area contributed by atoms with Crippen molar-refractivity contribution in [2.24, 2.45) is 0 Å². The molecule has 14 heavy (non-hydrogen) atoms. The van der Waals surface area contributed by atoms with Crippen LogP contribution in [-0.2, 0) is 4.79 Å². The summed E-state index contributed by atoms with van der Waals surface area (Å²) in [5, 5.41) is 26.7. The van der Waals surface area contributed by atoms with Crippen LogP contribution in [0.25, 0.3) is 0 Å². The molecule has 2 N–H and O–H groups in total. The number of likely N-dealkylation sites (N-methyl/N-ethyl adjacent to an activating group) is 1. The number of aliphatic hydroxyl groups excluding tert-OH is 2. The fourth-order valence-corrected chi connectivity index (χ4v) is 0.889. The average Bonchev–Trinajstić information content (AvgIpc) is 1.80. The number of carboxylic acid groups (broad SMARTS) is 1. The normalized spacial score (nSPS) is 12.7. The lowest BCUT2D eigenvalue weighted by atomic mass is 10.2. The monoisotopic (exact) mass is 207 g/mol. The second kappa shape index (κ2) is 7.73. The molecule has 86 valence electrons. The topological polar surface area (TPSA) is 80.6 Å². The quantitative estimate of drug-likeness (QED) is 0.533. The summed E-state index contributed by atoms with van der Waals surface area (Å²) in [6.07, 6.45) is -1.09. The number of aliphatic hydroxyl groups is 2. The molecule has 0 aromatic heterocycles. The maximum atomic E-state index is 10.0. The average molecular weight is 207 g/mol. The van der Waals surface area contributed by atoms with Gasteiger partial charge in [0, 0.05) is 19.0 Å². The number of aliphatic carboxylic acids is 1. The predicted molar refractivity (Wildman–Crippen MR) is 51.3 cm³/mol. The van der Waals surface area contributed by atoms with Crippen LogP contribution in [-0.4, -0.2) is 61.1 Å². The standard InChI is InChI=1S/C7H15NO3.C2H6O/c1-8(2,3)5-6(9)4-7(10)11;1-2-3/h6,9H,4-5H2,1-3H3;3H,2H2,1H3/t6-;/m1./s1. The molecule has 0 unspecified atom stereocenters. The molecule has 0 aliphatic heterocycles. The van der Waals surface area contributed by atoms with Gasteiger partial charge in [0.2, 0.25) is 0 Å². The first-order valence-corrected chi connectivity index (χ1v) is 4.52. The third-order valence-electron chi connectivity index (χ3n) is 1.16. The minimum Gasteiger partial charge on any atom is -0.550 e. The highest BCUT2D eigenvalue weighted by Crippen LogP contribution is 1.97. The van der Waals surface area contributed by atoms with Gasteiger partial charge in [-0.3, -0.25) is 0 Å². The molecule has 1 atom stereocenters. The van der Waals surface area contributed by atoms with Crippen molar-refractivity contribution in [3.05, 3.63) is 0 Å². The zero-order valence-corrected chi connectivity index (χ0v) is 9.36. The number of nitrogens with zero attached hydrogens (tertiary/aromatic N) is 1. The fraction of sp³-hybridized carbons (Fsp3) is 0.889. The summed E-state index contributed by atoms with van der Waals surface area (Å²) in [6, 6.07) is 0. The minimum atomic E-state index is -1.20. The van der Waals surface area contributed by atoms with Gasteiger partial charge in [0.25, 0.3) is 0 Å². The second-order valence-corrected chi connectivity index (χ2v) is 4.02. The van der Waals surface area contributed by atoms with Gasteiger partial charge < -0.3 is 24.6 Å². The molecular weight excluding hydrogens is 186 g/mol. The molecule has 0 rings (SSSR count). The molecule has 0 amide bonds. The smallest absolute Gasteiger partial charge is 0.108 e. The van der Waals surface area contributed by atoms with Crippen LogP contribution in [0.2, 0.25) is 0 Å². The van der Waals surface area contributed by atoms with Gasteiger partial charge in [0.15, 0.2) is 0 Å². The van der Waals surface area contributed by atoms with E-state index in [1.807, 2.05) is 21.1 Å². The Morgan fingerprint density at radius 3 is 2.00 bits per heavy atom. The van der Waals surface area contributed by atoms with E-state index in [-0.39, 0.29) is 13.0 Å². The maximum absolute atomic E-state index is 10.0. The van der Waals surface area contributed by atoms with E-state index >= 15 is 0 Å². The van der Waals surface area contributed by atoms with Crippen molar-refractivity contribution in [3.63, 3.8) is 0 Å². The molecule has 0 bridgehead atoms. The molecule has 5 heteroatoms. The van der Waals surface area contributed by atoms with Crippen LogP contribution < -0.4 is 5.11 Å². The van der Waals surface area contributed by atoms with E-state index in [1.54, 1.807) is 6.92 Å². The van der Waals surface area contributed by atoms with Crippen molar-refractivity contribution >= 4 is 5.97 Å². The molecule has 0 spiro atoms. The highest BCUT2D eigenvalue weighted by atomic mass is 16.4.